The first-order valence-corrected chi connectivity index (χ1v) is 7.37. The Kier molecular flexibility index (Phi) is 7.57. The molecule has 0 amide bonds. The molecule has 92 valence electrons. The van der Waals surface area contributed by atoms with E-state index in [9.17, 15) is 8.42 Å². The number of halogens is 1. The second-order valence-electron chi connectivity index (χ2n) is 4.16. The van der Waals surface area contributed by atoms with E-state index in [-0.39, 0.29) is 12.4 Å². The highest BCUT2D eigenvalue weighted by atomic mass is 35.5. The van der Waals surface area contributed by atoms with Crippen molar-refractivity contribution in [2.45, 2.75) is 32.6 Å². The van der Waals surface area contributed by atoms with Gasteiger partial charge in [0.15, 0.2) is 9.84 Å². The molecule has 0 bridgehead atoms. The summed E-state index contributed by atoms with van der Waals surface area (Å²) in [5.41, 5.74) is 0. The number of sulfone groups is 1. The van der Waals surface area contributed by atoms with Crippen molar-refractivity contribution in [1.82, 2.24) is 5.32 Å². The molecule has 0 aromatic rings. The van der Waals surface area contributed by atoms with Gasteiger partial charge in [-0.15, -0.1) is 12.4 Å². The number of hydrogen-bond donors (Lipinski definition) is 1. The summed E-state index contributed by atoms with van der Waals surface area (Å²) in [5.74, 6) is 1.19. The molecule has 15 heavy (non-hydrogen) atoms. The summed E-state index contributed by atoms with van der Waals surface area (Å²) in [6.45, 7) is 3.99. The minimum atomic E-state index is -2.77. The Morgan fingerprint density at radius 3 is 2.40 bits per heavy atom. The monoisotopic (exact) mass is 255 g/mol. The van der Waals surface area contributed by atoms with Crippen molar-refractivity contribution in [2.24, 2.45) is 5.92 Å². The van der Waals surface area contributed by atoms with Crippen LogP contribution in [0.25, 0.3) is 0 Å². The average Bonchev–Trinajstić information content (AvgIpc) is 2.16. The molecule has 0 saturated carbocycles. The van der Waals surface area contributed by atoms with Crippen LogP contribution in [0.5, 0.6) is 0 Å². The fourth-order valence-electron chi connectivity index (χ4n) is 1.86. The van der Waals surface area contributed by atoms with Crippen LogP contribution in [0.1, 0.15) is 32.6 Å². The Hall–Kier alpha value is 0.200. The van der Waals surface area contributed by atoms with E-state index < -0.39 is 9.84 Å². The van der Waals surface area contributed by atoms with Crippen LogP contribution >= 0.6 is 12.4 Å². The van der Waals surface area contributed by atoms with Gasteiger partial charge < -0.3 is 5.32 Å². The third kappa shape index (κ3) is 6.38. The van der Waals surface area contributed by atoms with Gasteiger partial charge in [-0.25, -0.2) is 8.42 Å². The van der Waals surface area contributed by atoms with Gasteiger partial charge in [0.05, 0.1) is 11.5 Å². The topological polar surface area (TPSA) is 46.2 Å². The van der Waals surface area contributed by atoms with Crippen molar-refractivity contribution in [3.63, 3.8) is 0 Å². The lowest BCUT2D eigenvalue weighted by Gasteiger charge is -2.22. The zero-order valence-corrected chi connectivity index (χ0v) is 11.0. The van der Waals surface area contributed by atoms with Crippen molar-refractivity contribution in [3.05, 3.63) is 0 Å². The molecule has 1 N–H and O–H groups in total. The summed E-state index contributed by atoms with van der Waals surface area (Å²) in [7, 11) is -2.77. The van der Waals surface area contributed by atoms with E-state index in [0.29, 0.717) is 17.4 Å². The van der Waals surface area contributed by atoms with Crippen molar-refractivity contribution in [2.75, 3.05) is 24.6 Å². The standard InChI is InChI=1S/C10H21NO2S.ClH/c1-2-3-8-14(12,13)9-10-4-6-11-7-5-10;/h10-11H,2-9H2,1H3;1H. The van der Waals surface area contributed by atoms with Gasteiger partial charge in [-0.05, 0) is 38.3 Å². The molecule has 1 heterocycles. The Balaban J connectivity index is 0.00000196. The number of unbranched alkanes of at least 4 members (excludes halogenated alkanes) is 1. The Morgan fingerprint density at radius 2 is 1.87 bits per heavy atom. The number of piperidine rings is 1. The van der Waals surface area contributed by atoms with Gasteiger partial charge in [0, 0.05) is 0 Å². The fourth-order valence-corrected chi connectivity index (χ4v) is 3.80. The summed E-state index contributed by atoms with van der Waals surface area (Å²) >= 11 is 0. The summed E-state index contributed by atoms with van der Waals surface area (Å²) in [6.07, 6.45) is 3.81. The summed E-state index contributed by atoms with van der Waals surface area (Å²) in [4.78, 5) is 0. The molecule has 1 rings (SSSR count). The van der Waals surface area contributed by atoms with Crippen LogP contribution < -0.4 is 5.32 Å². The first-order valence-electron chi connectivity index (χ1n) is 5.55. The minimum Gasteiger partial charge on any atom is -0.317 e. The van der Waals surface area contributed by atoms with Crippen LogP contribution in [0.4, 0.5) is 0 Å². The van der Waals surface area contributed by atoms with Gasteiger partial charge in [-0.3, -0.25) is 0 Å². The number of hydrogen-bond acceptors (Lipinski definition) is 3. The first kappa shape index (κ1) is 15.2. The van der Waals surface area contributed by atoms with E-state index in [1.54, 1.807) is 0 Å². The van der Waals surface area contributed by atoms with Gasteiger partial charge in [0.1, 0.15) is 0 Å². The van der Waals surface area contributed by atoms with E-state index in [1.807, 2.05) is 6.92 Å². The van der Waals surface area contributed by atoms with Crippen molar-refractivity contribution in [1.29, 1.82) is 0 Å². The van der Waals surface area contributed by atoms with Crippen LogP contribution in [-0.2, 0) is 9.84 Å². The molecule has 0 spiro atoms. The van der Waals surface area contributed by atoms with Crippen LogP contribution in [0, 0.1) is 5.92 Å². The molecule has 0 aliphatic carbocycles. The number of rotatable bonds is 5. The molecule has 1 saturated heterocycles. The van der Waals surface area contributed by atoms with Gasteiger partial charge in [0.25, 0.3) is 0 Å². The van der Waals surface area contributed by atoms with E-state index >= 15 is 0 Å². The predicted octanol–water partition coefficient (Wildman–Crippen LogP) is 1.62. The molecular formula is C10H22ClNO2S. The maximum Gasteiger partial charge on any atom is 0.150 e. The van der Waals surface area contributed by atoms with Crippen molar-refractivity contribution >= 4 is 22.2 Å². The Morgan fingerprint density at radius 1 is 1.27 bits per heavy atom. The van der Waals surface area contributed by atoms with Crippen LogP contribution in [-0.4, -0.2) is 33.0 Å². The van der Waals surface area contributed by atoms with Gasteiger partial charge in [-0.1, -0.05) is 13.3 Å². The second kappa shape index (κ2) is 7.47. The lowest BCUT2D eigenvalue weighted by atomic mass is 10.0. The molecule has 1 fully saturated rings. The van der Waals surface area contributed by atoms with E-state index in [1.165, 1.54) is 0 Å². The van der Waals surface area contributed by atoms with Crippen LogP contribution in [0.3, 0.4) is 0 Å². The molecule has 1 aliphatic rings. The van der Waals surface area contributed by atoms with Crippen molar-refractivity contribution in [3.8, 4) is 0 Å². The fraction of sp³-hybridized carbons (Fsp3) is 1.00. The molecular weight excluding hydrogens is 234 g/mol. The smallest absolute Gasteiger partial charge is 0.150 e. The highest BCUT2D eigenvalue weighted by molar-refractivity contribution is 7.91. The van der Waals surface area contributed by atoms with Crippen LogP contribution in [0.15, 0.2) is 0 Å². The van der Waals surface area contributed by atoms with Gasteiger partial charge >= 0.3 is 0 Å². The molecule has 1 aliphatic heterocycles. The Labute approximate surface area is 99.3 Å². The maximum absolute atomic E-state index is 11.6. The first-order chi connectivity index (χ1) is 6.64. The van der Waals surface area contributed by atoms with Gasteiger partial charge in [0.2, 0.25) is 0 Å². The Bertz CT molecular complexity index is 248. The molecule has 0 unspecified atom stereocenters. The summed E-state index contributed by atoms with van der Waals surface area (Å²) in [5, 5.41) is 3.25. The lowest BCUT2D eigenvalue weighted by molar-refractivity contribution is 0.401. The molecule has 0 atom stereocenters. The number of nitrogens with one attached hydrogen (secondary N) is 1. The quantitative estimate of drug-likeness (QED) is 0.812. The van der Waals surface area contributed by atoms with Gasteiger partial charge in [-0.2, -0.15) is 0 Å². The SMILES string of the molecule is CCCCS(=O)(=O)CC1CCNCC1.Cl. The molecule has 0 aromatic carbocycles. The largest absolute Gasteiger partial charge is 0.317 e. The van der Waals surface area contributed by atoms with Crippen LogP contribution in [0.2, 0.25) is 0 Å². The lowest BCUT2D eigenvalue weighted by Crippen LogP contribution is -2.31. The van der Waals surface area contributed by atoms with E-state index in [4.69, 9.17) is 0 Å². The molecule has 5 heteroatoms. The normalized spacial score (nSPS) is 18.5. The summed E-state index contributed by atoms with van der Waals surface area (Å²) < 4.78 is 23.3. The van der Waals surface area contributed by atoms with E-state index in [2.05, 4.69) is 5.32 Å². The molecule has 0 aromatic heterocycles. The zero-order valence-electron chi connectivity index (χ0n) is 9.37. The third-order valence-electron chi connectivity index (χ3n) is 2.76. The molecule has 3 nitrogen and oxygen atoms in total. The zero-order chi connectivity index (χ0) is 10.4. The minimum absolute atomic E-state index is 0. The summed E-state index contributed by atoms with van der Waals surface area (Å²) in [6, 6.07) is 0. The van der Waals surface area contributed by atoms with Crippen molar-refractivity contribution < 1.29 is 8.42 Å². The second-order valence-corrected chi connectivity index (χ2v) is 6.39. The maximum atomic E-state index is 11.6. The predicted molar refractivity (Wildman–Crippen MR) is 66.4 cm³/mol. The molecule has 0 radical (unpaired) electrons. The third-order valence-corrected chi connectivity index (χ3v) is 4.65. The van der Waals surface area contributed by atoms with E-state index in [0.717, 1.165) is 38.8 Å². The highest BCUT2D eigenvalue weighted by Gasteiger charge is 2.20. The average molecular weight is 256 g/mol. The highest BCUT2D eigenvalue weighted by Crippen LogP contribution is 2.15.